The van der Waals surface area contributed by atoms with E-state index in [0.29, 0.717) is 12.4 Å². The minimum atomic E-state index is -0.245. The first-order valence-electron chi connectivity index (χ1n) is 6.92. The second-order valence-electron chi connectivity index (χ2n) is 4.36. The summed E-state index contributed by atoms with van der Waals surface area (Å²) >= 11 is 1.90. The van der Waals surface area contributed by atoms with E-state index >= 15 is 0 Å². The van der Waals surface area contributed by atoms with E-state index in [4.69, 9.17) is 4.74 Å². The number of benzene rings is 1. The van der Waals surface area contributed by atoms with Crippen molar-refractivity contribution in [2.24, 2.45) is 0 Å². The summed E-state index contributed by atoms with van der Waals surface area (Å²) in [5.41, 5.74) is 1.02. The Morgan fingerprint density at radius 3 is 2.84 bits per heavy atom. The molecule has 0 aliphatic heterocycles. The fraction of sp³-hybridized carbons (Fsp3) is 0.600. The van der Waals surface area contributed by atoms with Crippen LogP contribution >= 0.6 is 11.8 Å². The fourth-order valence-electron chi connectivity index (χ4n) is 1.89. The predicted molar refractivity (Wildman–Crippen MR) is 81.6 cm³/mol. The van der Waals surface area contributed by atoms with Gasteiger partial charge >= 0.3 is 0 Å². The van der Waals surface area contributed by atoms with Gasteiger partial charge in [0.15, 0.2) is 0 Å². The summed E-state index contributed by atoms with van der Waals surface area (Å²) in [6.07, 6.45) is 0.990. The van der Waals surface area contributed by atoms with Crippen molar-refractivity contribution >= 4 is 11.8 Å². The average Bonchev–Trinajstić information content (AvgIpc) is 2.39. The Bertz CT molecular complexity index is 373. The minimum absolute atomic E-state index is 0.172. The normalized spacial score (nSPS) is 12.4. The molecule has 0 saturated heterocycles. The van der Waals surface area contributed by atoms with Crippen LogP contribution in [0, 0.1) is 5.82 Å². The quantitative estimate of drug-likeness (QED) is 0.692. The maximum absolute atomic E-state index is 13.3. The molecule has 0 aromatic heterocycles. The number of rotatable bonds is 9. The van der Waals surface area contributed by atoms with Crippen molar-refractivity contribution in [2.45, 2.75) is 33.2 Å². The van der Waals surface area contributed by atoms with Crippen molar-refractivity contribution in [3.05, 3.63) is 29.6 Å². The maximum atomic E-state index is 13.3. The summed E-state index contributed by atoms with van der Waals surface area (Å²) in [5.74, 6) is 2.63. The summed E-state index contributed by atoms with van der Waals surface area (Å²) in [6, 6.07) is 4.95. The van der Waals surface area contributed by atoms with Gasteiger partial charge in [0.1, 0.15) is 11.6 Å². The van der Waals surface area contributed by atoms with Gasteiger partial charge in [0.2, 0.25) is 0 Å². The molecule has 108 valence electrons. The Kier molecular flexibility index (Phi) is 7.91. The van der Waals surface area contributed by atoms with Crippen molar-refractivity contribution in [3.8, 4) is 5.75 Å². The minimum Gasteiger partial charge on any atom is -0.493 e. The molecule has 2 nitrogen and oxygen atoms in total. The Morgan fingerprint density at radius 1 is 1.37 bits per heavy atom. The SMILES string of the molecule is CCNC(C)c1ccc(F)cc1OCCCSCC. The highest BCUT2D eigenvalue weighted by Crippen LogP contribution is 2.26. The maximum Gasteiger partial charge on any atom is 0.126 e. The number of thioether (sulfide) groups is 1. The third-order valence-corrected chi connectivity index (χ3v) is 3.83. The third-order valence-electron chi connectivity index (χ3n) is 2.85. The smallest absolute Gasteiger partial charge is 0.126 e. The first kappa shape index (κ1) is 16.3. The molecule has 0 radical (unpaired) electrons. The Hall–Kier alpha value is -0.740. The van der Waals surface area contributed by atoms with Gasteiger partial charge in [-0.25, -0.2) is 4.39 Å². The molecule has 0 saturated carbocycles. The zero-order valence-corrected chi connectivity index (χ0v) is 12.9. The molecule has 0 amide bonds. The van der Waals surface area contributed by atoms with Crippen molar-refractivity contribution in [3.63, 3.8) is 0 Å². The molecule has 19 heavy (non-hydrogen) atoms. The molecule has 0 aliphatic carbocycles. The molecule has 1 unspecified atom stereocenters. The lowest BCUT2D eigenvalue weighted by Gasteiger charge is -2.17. The summed E-state index contributed by atoms with van der Waals surface area (Å²) in [6.45, 7) is 7.79. The van der Waals surface area contributed by atoms with Gasteiger partial charge in [0.25, 0.3) is 0 Å². The molecule has 0 fully saturated rings. The molecular formula is C15H24FNOS. The summed E-state index contributed by atoms with van der Waals surface area (Å²) in [5, 5.41) is 3.33. The summed E-state index contributed by atoms with van der Waals surface area (Å²) < 4.78 is 19.1. The molecule has 1 rings (SSSR count). The fourth-order valence-corrected chi connectivity index (χ4v) is 2.51. The summed E-state index contributed by atoms with van der Waals surface area (Å²) in [4.78, 5) is 0. The van der Waals surface area contributed by atoms with Crippen LogP contribution in [0.1, 0.15) is 38.8 Å². The van der Waals surface area contributed by atoms with Gasteiger partial charge in [-0.05, 0) is 37.5 Å². The van der Waals surface area contributed by atoms with E-state index in [-0.39, 0.29) is 11.9 Å². The van der Waals surface area contributed by atoms with Crippen LogP contribution in [0.2, 0.25) is 0 Å². The molecule has 0 heterocycles. The topological polar surface area (TPSA) is 21.3 Å². The van der Waals surface area contributed by atoms with Crippen molar-refractivity contribution in [2.75, 3.05) is 24.7 Å². The largest absolute Gasteiger partial charge is 0.493 e. The van der Waals surface area contributed by atoms with Gasteiger partial charge in [-0.3, -0.25) is 0 Å². The van der Waals surface area contributed by atoms with Crippen LogP contribution in [0.25, 0.3) is 0 Å². The standard InChI is InChI=1S/C15H24FNOS/c1-4-17-12(3)14-8-7-13(16)11-15(14)18-9-6-10-19-5-2/h7-8,11-12,17H,4-6,9-10H2,1-3H3. The molecule has 1 atom stereocenters. The Labute approximate surface area is 120 Å². The second-order valence-corrected chi connectivity index (χ2v) is 5.75. The molecule has 4 heteroatoms. The highest BCUT2D eigenvalue weighted by molar-refractivity contribution is 7.99. The highest BCUT2D eigenvalue weighted by Gasteiger charge is 2.11. The zero-order chi connectivity index (χ0) is 14.1. The van der Waals surface area contributed by atoms with Gasteiger partial charge < -0.3 is 10.1 Å². The van der Waals surface area contributed by atoms with Crippen molar-refractivity contribution in [1.82, 2.24) is 5.32 Å². The first-order valence-corrected chi connectivity index (χ1v) is 8.07. The van der Waals surface area contributed by atoms with E-state index in [9.17, 15) is 4.39 Å². The predicted octanol–water partition coefficient (Wildman–Crippen LogP) is 4.02. The van der Waals surface area contributed by atoms with Crippen molar-refractivity contribution < 1.29 is 9.13 Å². The lowest BCUT2D eigenvalue weighted by Crippen LogP contribution is -2.18. The van der Waals surface area contributed by atoms with Crippen LogP contribution in [0.5, 0.6) is 5.75 Å². The number of hydrogen-bond acceptors (Lipinski definition) is 3. The summed E-state index contributed by atoms with van der Waals surface area (Å²) in [7, 11) is 0. The van der Waals surface area contributed by atoms with E-state index < -0.39 is 0 Å². The van der Waals surface area contributed by atoms with Gasteiger partial charge in [-0.2, -0.15) is 11.8 Å². The van der Waals surface area contributed by atoms with Crippen molar-refractivity contribution in [1.29, 1.82) is 0 Å². The Balaban J connectivity index is 2.61. The van der Waals surface area contributed by atoms with E-state index in [2.05, 4.69) is 26.1 Å². The van der Waals surface area contributed by atoms with E-state index in [1.165, 1.54) is 12.1 Å². The van der Waals surface area contributed by atoms with Gasteiger partial charge in [0, 0.05) is 17.7 Å². The van der Waals surface area contributed by atoms with Gasteiger partial charge in [0.05, 0.1) is 6.61 Å². The van der Waals surface area contributed by atoms with Crippen LogP contribution in [-0.4, -0.2) is 24.7 Å². The first-order chi connectivity index (χ1) is 9.19. The monoisotopic (exact) mass is 285 g/mol. The number of ether oxygens (including phenoxy) is 1. The van der Waals surface area contributed by atoms with Crippen LogP contribution in [0.4, 0.5) is 4.39 Å². The molecule has 1 N–H and O–H groups in total. The van der Waals surface area contributed by atoms with Gasteiger partial charge in [-0.15, -0.1) is 0 Å². The number of halogens is 1. The highest BCUT2D eigenvalue weighted by atomic mass is 32.2. The lowest BCUT2D eigenvalue weighted by atomic mass is 10.1. The molecular weight excluding hydrogens is 261 g/mol. The van der Waals surface area contributed by atoms with Gasteiger partial charge in [-0.1, -0.05) is 19.9 Å². The van der Waals surface area contributed by atoms with Crippen LogP contribution in [-0.2, 0) is 0 Å². The zero-order valence-electron chi connectivity index (χ0n) is 12.0. The number of nitrogens with one attached hydrogen (secondary N) is 1. The van der Waals surface area contributed by atoms with E-state index in [1.54, 1.807) is 6.07 Å². The second kappa shape index (κ2) is 9.21. The van der Waals surface area contributed by atoms with Crippen LogP contribution < -0.4 is 10.1 Å². The molecule has 0 bridgehead atoms. The lowest BCUT2D eigenvalue weighted by molar-refractivity contribution is 0.310. The van der Waals surface area contributed by atoms with Crippen LogP contribution in [0.3, 0.4) is 0 Å². The molecule has 0 aliphatic rings. The van der Waals surface area contributed by atoms with E-state index in [1.807, 2.05) is 11.8 Å². The van der Waals surface area contributed by atoms with E-state index in [0.717, 1.165) is 30.0 Å². The number of hydrogen-bond donors (Lipinski definition) is 1. The third kappa shape index (κ3) is 5.83. The molecule has 1 aromatic rings. The molecule has 0 spiro atoms. The van der Waals surface area contributed by atoms with Crippen LogP contribution in [0.15, 0.2) is 18.2 Å². The average molecular weight is 285 g/mol. The molecule has 1 aromatic carbocycles. The Morgan fingerprint density at radius 2 is 2.16 bits per heavy atom.